The van der Waals surface area contributed by atoms with Crippen molar-refractivity contribution in [3.63, 3.8) is 0 Å². The Morgan fingerprint density at radius 2 is 2.12 bits per heavy atom. The van der Waals surface area contributed by atoms with Gasteiger partial charge in [-0.1, -0.05) is 32.5 Å². The Kier molecular flexibility index (Phi) is 5.28. The second-order valence-corrected chi connectivity index (χ2v) is 6.14. The highest BCUT2D eigenvalue weighted by molar-refractivity contribution is 7.99. The first-order valence-electron chi connectivity index (χ1n) is 5.66. The van der Waals surface area contributed by atoms with Crippen molar-refractivity contribution in [3.8, 4) is 0 Å². The van der Waals surface area contributed by atoms with Crippen molar-refractivity contribution in [2.24, 2.45) is 12.5 Å². The molecule has 0 aliphatic carbocycles. The summed E-state index contributed by atoms with van der Waals surface area (Å²) >= 11 is 1.74. The number of rotatable bonds is 6. The Morgan fingerprint density at radius 1 is 1.38 bits per heavy atom. The Labute approximate surface area is 102 Å². The van der Waals surface area contributed by atoms with E-state index in [2.05, 4.69) is 36.2 Å². The van der Waals surface area contributed by atoms with Crippen molar-refractivity contribution in [1.82, 2.24) is 20.1 Å². The molecule has 1 heterocycles. The minimum absolute atomic E-state index is 0.420. The molecule has 0 aromatic carbocycles. The number of hydrogen-bond acceptors (Lipinski definition) is 4. The summed E-state index contributed by atoms with van der Waals surface area (Å²) in [4.78, 5) is 4.16. The number of nitrogens with one attached hydrogen (secondary N) is 1. The lowest BCUT2D eigenvalue weighted by molar-refractivity contribution is 0.369. The van der Waals surface area contributed by atoms with Gasteiger partial charge in [-0.2, -0.15) is 5.10 Å². The Morgan fingerprint density at radius 3 is 2.69 bits per heavy atom. The first-order valence-corrected chi connectivity index (χ1v) is 6.65. The Bertz CT molecular complexity index is 303. The van der Waals surface area contributed by atoms with Crippen molar-refractivity contribution in [3.05, 3.63) is 6.33 Å². The summed E-state index contributed by atoms with van der Waals surface area (Å²) in [5.74, 6) is 1.04. The number of aromatic nitrogens is 3. The van der Waals surface area contributed by atoms with Gasteiger partial charge in [0, 0.05) is 19.3 Å². The molecule has 16 heavy (non-hydrogen) atoms. The summed E-state index contributed by atoms with van der Waals surface area (Å²) in [6.07, 6.45) is 2.80. The molecule has 0 saturated heterocycles. The fourth-order valence-electron chi connectivity index (χ4n) is 1.22. The molecular formula is C11H22N4S. The van der Waals surface area contributed by atoms with E-state index in [4.69, 9.17) is 0 Å². The lowest BCUT2D eigenvalue weighted by atomic mass is 9.92. The molecule has 4 nitrogen and oxygen atoms in total. The number of thioether (sulfide) groups is 1. The van der Waals surface area contributed by atoms with Crippen LogP contribution in [0.4, 0.5) is 0 Å². The predicted molar refractivity (Wildman–Crippen MR) is 68.7 cm³/mol. The highest BCUT2D eigenvalue weighted by Gasteiger charge is 2.08. The average Bonchev–Trinajstić information content (AvgIpc) is 2.56. The summed E-state index contributed by atoms with van der Waals surface area (Å²) < 4.78 is 1.81. The minimum Gasteiger partial charge on any atom is -0.316 e. The van der Waals surface area contributed by atoms with Crippen molar-refractivity contribution in [2.45, 2.75) is 32.3 Å². The SMILES string of the molecule is Cn1ncnc1SCCNCCC(C)(C)C. The Balaban J connectivity index is 2.03. The molecule has 0 amide bonds. The molecule has 1 aromatic heterocycles. The summed E-state index contributed by atoms with van der Waals surface area (Å²) in [6, 6.07) is 0. The van der Waals surface area contributed by atoms with Crippen molar-refractivity contribution in [1.29, 1.82) is 0 Å². The van der Waals surface area contributed by atoms with Crippen LogP contribution in [0.25, 0.3) is 0 Å². The molecule has 0 fully saturated rings. The van der Waals surface area contributed by atoms with Gasteiger partial charge in [-0.15, -0.1) is 0 Å². The lowest BCUT2D eigenvalue weighted by Crippen LogP contribution is -2.22. The van der Waals surface area contributed by atoms with Crippen molar-refractivity contribution >= 4 is 11.8 Å². The third kappa shape index (κ3) is 5.51. The molecule has 0 saturated carbocycles. The topological polar surface area (TPSA) is 42.7 Å². The van der Waals surface area contributed by atoms with Crippen LogP contribution in [-0.2, 0) is 7.05 Å². The summed E-state index contributed by atoms with van der Waals surface area (Å²) in [5.41, 5.74) is 0.420. The zero-order chi connectivity index (χ0) is 12.0. The molecule has 0 radical (unpaired) electrons. The van der Waals surface area contributed by atoms with E-state index in [9.17, 15) is 0 Å². The van der Waals surface area contributed by atoms with E-state index < -0.39 is 0 Å². The molecule has 1 aromatic rings. The van der Waals surface area contributed by atoms with Gasteiger partial charge in [-0.25, -0.2) is 9.67 Å². The fraction of sp³-hybridized carbons (Fsp3) is 0.818. The van der Waals surface area contributed by atoms with Crippen LogP contribution in [0, 0.1) is 5.41 Å². The molecule has 0 unspecified atom stereocenters. The average molecular weight is 242 g/mol. The first kappa shape index (κ1) is 13.5. The molecule has 1 rings (SSSR count). The molecule has 92 valence electrons. The van der Waals surface area contributed by atoms with Gasteiger partial charge < -0.3 is 5.32 Å². The van der Waals surface area contributed by atoms with E-state index in [1.807, 2.05) is 7.05 Å². The van der Waals surface area contributed by atoms with Gasteiger partial charge in [0.1, 0.15) is 6.33 Å². The van der Waals surface area contributed by atoms with E-state index in [-0.39, 0.29) is 0 Å². The van der Waals surface area contributed by atoms with E-state index in [1.165, 1.54) is 6.42 Å². The molecule has 5 heteroatoms. The molecule has 0 aliphatic heterocycles. The Hall–Kier alpha value is -0.550. The number of hydrogen-bond donors (Lipinski definition) is 1. The molecule has 0 atom stereocenters. The van der Waals surface area contributed by atoms with Gasteiger partial charge in [0.25, 0.3) is 0 Å². The normalized spacial score (nSPS) is 12.0. The van der Waals surface area contributed by atoms with Gasteiger partial charge in [0.2, 0.25) is 0 Å². The van der Waals surface area contributed by atoms with Crippen LogP contribution in [-0.4, -0.2) is 33.6 Å². The molecular weight excluding hydrogens is 220 g/mol. The van der Waals surface area contributed by atoms with Gasteiger partial charge in [-0.3, -0.25) is 0 Å². The standard InChI is InChI=1S/C11H22N4S/c1-11(2,3)5-6-12-7-8-16-10-13-9-14-15(10)4/h9,12H,5-8H2,1-4H3. The van der Waals surface area contributed by atoms with E-state index in [0.717, 1.165) is 24.0 Å². The maximum absolute atomic E-state index is 4.16. The van der Waals surface area contributed by atoms with Gasteiger partial charge >= 0.3 is 0 Å². The van der Waals surface area contributed by atoms with Crippen LogP contribution in [0.3, 0.4) is 0 Å². The fourth-order valence-corrected chi connectivity index (χ4v) is 2.00. The highest BCUT2D eigenvalue weighted by atomic mass is 32.2. The third-order valence-corrected chi connectivity index (χ3v) is 3.27. The molecule has 1 N–H and O–H groups in total. The van der Waals surface area contributed by atoms with Gasteiger partial charge in [0.05, 0.1) is 0 Å². The van der Waals surface area contributed by atoms with E-state index >= 15 is 0 Å². The predicted octanol–water partition coefficient (Wildman–Crippen LogP) is 1.93. The zero-order valence-electron chi connectivity index (χ0n) is 10.7. The number of aryl methyl sites for hydroxylation is 1. The van der Waals surface area contributed by atoms with Gasteiger partial charge in [-0.05, 0) is 18.4 Å². The van der Waals surface area contributed by atoms with E-state index in [1.54, 1.807) is 22.8 Å². The van der Waals surface area contributed by atoms with Crippen LogP contribution in [0.2, 0.25) is 0 Å². The van der Waals surface area contributed by atoms with Crippen molar-refractivity contribution < 1.29 is 0 Å². The first-order chi connectivity index (χ1) is 7.49. The van der Waals surface area contributed by atoms with Gasteiger partial charge in [0.15, 0.2) is 5.16 Å². The molecule has 0 aliphatic rings. The lowest BCUT2D eigenvalue weighted by Gasteiger charge is -2.17. The van der Waals surface area contributed by atoms with Crippen LogP contribution in [0.15, 0.2) is 11.5 Å². The molecule has 0 bridgehead atoms. The summed E-state index contributed by atoms with van der Waals surface area (Å²) in [6.45, 7) is 8.91. The summed E-state index contributed by atoms with van der Waals surface area (Å²) in [7, 11) is 1.92. The van der Waals surface area contributed by atoms with Crippen LogP contribution >= 0.6 is 11.8 Å². The third-order valence-electron chi connectivity index (χ3n) is 2.23. The maximum Gasteiger partial charge on any atom is 0.185 e. The minimum atomic E-state index is 0.420. The summed E-state index contributed by atoms with van der Waals surface area (Å²) in [5, 5.41) is 8.46. The van der Waals surface area contributed by atoms with Crippen molar-refractivity contribution in [2.75, 3.05) is 18.8 Å². The zero-order valence-corrected chi connectivity index (χ0v) is 11.5. The monoisotopic (exact) mass is 242 g/mol. The largest absolute Gasteiger partial charge is 0.316 e. The quantitative estimate of drug-likeness (QED) is 0.611. The maximum atomic E-state index is 4.16. The van der Waals surface area contributed by atoms with Crippen LogP contribution < -0.4 is 5.32 Å². The van der Waals surface area contributed by atoms with E-state index in [0.29, 0.717) is 5.41 Å². The van der Waals surface area contributed by atoms with Crippen LogP contribution in [0.1, 0.15) is 27.2 Å². The second kappa shape index (κ2) is 6.25. The molecule has 0 spiro atoms. The second-order valence-electron chi connectivity index (χ2n) is 5.08. The highest BCUT2D eigenvalue weighted by Crippen LogP contribution is 2.17. The smallest absolute Gasteiger partial charge is 0.185 e. The number of nitrogens with zero attached hydrogens (tertiary/aromatic N) is 3. The van der Waals surface area contributed by atoms with Crippen LogP contribution in [0.5, 0.6) is 0 Å².